The van der Waals surface area contributed by atoms with Crippen molar-refractivity contribution in [1.82, 2.24) is 0 Å². The number of ether oxygens (including phenoxy) is 1. The van der Waals surface area contributed by atoms with E-state index in [0.29, 0.717) is 19.1 Å². The minimum Gasteiger partial charge on any atom is -0.376 e. The Bertz CT molecular complexity index is 299. The fourth-order valence-corrected chi connectivity index (χ4v) is 1.84. The molecule has 0 aliphatic rings. The van der Waals surface area contributed by atoms with Gasteiger partial charge in [0.05, 0.1) is 6.61 Å². The van der Waals surface area contributed by atoms with Crippen molar-refractivity contribution >= 4 is 0 Å². The van der Waals surface area contributed by atoms with Crippen molar-refractivity contribution in [3.8, 4) is 0 Å². The van der Waals surface area contributed by atoms with Gasteiger partial charge in [0.2, 0.25) is 0 Å². The molecular weight excluding hydrogens is 198 g/mol. The van der Waals surface area contributed by atoms with Crippen LogP contribution in [0.1, 0.15) is 37.8 Å². The second-order valence-electron chi connectivity index (χ2n) is 4.38. The van der Waals surface area contributed by atoms with E-state index < -0.39 is 0 Å². The summed E-state index contributed by atoms with van der Waals surface area (Å²) < 4.78 is 5.72. The number of hydrogen-bond acceptors (Lipinski definition) is 2. The fraction of sp³-hybridized carbons (Fsp3) is 0.571. The summed E-state index contributed by atoms with van der Waals surface area (Å²) in [4.78, 5) is 0. The molecule has 0 aliphatic carbocycles. The lowest BCUT2D eigenvalue weighted by molar-refractivity contribution is 0.0889. The molecule has 1 unspecified atom stereocenters. The van der Waals surface area contributed by atoms with Gasteiger partial charge in [-0.05, 0) is 23.5 Å². The molecule has 0 bridgehead atoms. The van der Waals surface area contributed by atoms with Gasteiger partial charge in [0.15, 0.2) is 0 Å². The monoisotopic (exact) mass is 221 g/mol. The van der Waals surface area contributed by atoms with Crippen LogP contribution in [0.15, 0.2) is 24.3 Å². The first-order valence-electron chi connectivity index (χ1n) is 6.12. The second-order valence-corrected chi connectivity index (χ2v) is 4.38. The van der Waals surface area contributed by atoms with Gasteiger partial charge in [-0.15, -0.1) is 0 Å². The van der Waals surface area contributed by atoms with E-state index in [-0.39, 0.29) is 0 Å². The van der Waals surface area contributed by atoms with Crippen LogP contribution in [0.5, 0.6) is 0 Å². The molecule has 0 amide bonds. The van der Waals surface area contributed by atoms with E-state index in [2.05, 4.69) is 26.0 Å². The first-order chi connectivity index (χ1) is 7.77. The van der Waals surface area contributed by atoms with Gasteiger partial charge in [-0.25, -0.2) is 0 Å². The second kappa shape index (κ2) is 7.42. The average Bonchev–Trinajstić information content (AvgIpc) is 2.30. The van der Waals surface area contributed by atoms with Crippen molar-refractivity contribution in [1.29, 1.82) is 0 Å². The molecule has 1 atom stereocenters. The molecule has 0 radical (unpaired) electrons. The minimum absolute atomic E-state index is 0.587. The lowest BCUT2D eigenvalue weighted by Crippen LogP contribution is -2.08. The molecule has 0 spiro atoms. The van der Waals surface area contributed by atoms with Crippen LogP contribution in [0.4, 0.5) is 0 Å². The maximum Gasteiger partial charge on any atom is 0.0720 e. The van der Waals surface area contributed by atoms with Crippen molar-refractivity contribution in [3.63, 3.8) is 0 Å². The third-order valence-corrected chi connectivity index (χ3v) is 2.78. The predicted octanol–water partition coefficient (Wildman–Crippen LogP) is 3.10. The quantitative estimate of drug-likeness (QED) is 0.768. The molecule has 2 nitrogen and oxygen atoms in total. The van der Waals surface area contributed by atoms with Crippen LogP contribution in [-0.4, -0.2) is 6.61 Å². The highest BCUT2D eigenvalue weighted by Crippen LogP contribution is 2.11. The van der Waals surface area contributed by atoms with Gasteiger partial charge in [-0.1, -0.05) is 44.5 Å². The summed E-state index contributed by atoms with van der Waals surface area (Å²) >= 11 is 0. The van der Waals surface area contributed by atoms with E-state index in [9.17, 15) is 0 Å². The molecule has 0 heterocycles. The minimum atomic E-state index is 0.587. The zero-order chi connectivity index (χ0) is 11.8. The summed E-state index contributed by atoms with van der Waals surface area (Å²) in [6, 6.07) is 8.21. The molecule has 0 saturated carbocycles. The van der Waals surface area contributed by atoms with Crippen LogP contribution < -0.4 is 5.73 Å². The summed E-state index contributed by atoms with van der Waals surface area (Å²) in [6.07, 6.45) is 2.46. The van der Waals surface area contributed by atoms with Gasteiger partial charge in [0, 0.05) is 13.2 Å². The van der Waals surface area contributed by atoms with E-state index in [0.717, 1.165) is 6.61 Å². The zero-order valence-electron chi connectivity index (χ0n) is 10.4. The Hall–Kier alpha value is -0.860. The van der Waals surface area contributed by atoms with Gasteiger partial charge >= 0.3 is 0 Å². The maximum absolute atomic E-state index is 5.72. The van der Waals surface area contributed by atoms with Crippen LogP contribution in [-0.2, 0) is 17.9 Å². The highest BCUT2D eigenvalue weighted by atomic mass is 16.5. The van der Waals surface area contributed by atoms with E-state index in [1.165, 1.54) is 24.0 Å². The normalized spacial score (nSPS) is 12.7. The summed E-state index contributed by atoms with van der Waals surface area (Å²) in [5.74, 6) is 0.648. The summed E-state index contributed by atoms with van der Waals surface area (Å²) in [6.45, 7) is 6.55. The Morgan fingerprint density at radius 1 is 1.25 bits per heavy atom. The van der Waals surface area contributed by atoms with Gasteiger partial charge in [0.1, 0.15) is 0 Å². The fourth-order valence-electron chi connectivity index (χ4n) is 1.84. The molecule has 0 saturated heterocycles. The Balaban J connectivity index is 2.36. The molecule has 90 valence electrons. The summed E-state index contributed by atoms with van der Waals surface area (Å²) in [7, 11) is 0. The van der Waals surface area contributed by atoms with Gasteiger partial charge in [-0.3, -0.25) is 0 Å². The smallest absolute Gasteiger partial charge is 0.0720 e. The molecule has 2 heteroatoms. The van der Waals surface area contributed by atoms with Crippen molar-refractivity contribution < 1.29 is 4.74 Å². The van der Waals surface area contributed by atoms with Gasteiger partial charge < -0.3 is 10.5 Å². The summed E-state index contributed by atoms with van der Waals surface area (Å²) in [5, 5.41) is 0. The lowest BCUT2D eigenvalue weighted by atomic mass is 10.1. The average molecular weight is 221 g/mol. The van der Waals surface area contributed by atoms with Crippen LogP contribution in [0, 0.1) is 5.92 Å². The van der Waals surface area contributed by atoms with Crippen LogP contribution in [0.3, 0.4) is 0 Å². The largest absolute Gasteiger partial charge is 0.376 e. The Kier molecular flexibility index (Phi) is 6.12. The predicted molar refractivity (Wildman–Crippen MR) is 68.1 cm³/mol. The van der Waals surface area contributed by atoms with Crippen LogP contribution in [0.2, 0.25) is 0 Å². The highest BCUT2D eigenvalue weighted by Gasteiger charge is 2.03. The van der Waals surface area contributed by atoms with E-state index in [1.54, 1.807) is 0 Å². The molecule has 2 N–H and O–H groups in total. The first kappa shape index (κ1) is 13.2. The molecule has 0 aromatic heterocycles. The van der Waals surface area contributed by atoms with Crippen LogP contribution >= 0.6 is 0 Å². The Morgan fingerprint density at radius 3 is 2.56 bits per heavy atom. The molecule has 16 heavy (non-hydrogen) atoms. The number of benzene rings is 1. The van der Waals surface area contributed by atoms with Crippen molar-refractivity contribution in [2.24, 2.45) is 11.7 Å². The van der Waals surface area contributed by atoms with E-state index >= 15 is 0 Å². The SMILES string of the molecule is CCCC(C)COCc1ccccc1CN. The topological polar surface area (TPSA) is 35.2 Å². The van der Waals surface area contributed by atoms with Gasteiger partial charge in [-0.2, -0.15) is 0 Å². The molecular formula is C14H23NO. The first-order valence-corrected chi connectivity index (χ1v) is 6.12. The van der Waals surface area contributed by atoms with Crippen molar-refractivity contribution in [3.05, 3.63) is 35.4 Å². The number of hydrogen-bond donors (Lipinski definition) is 1. The van der Waals surface area contributed by atoms with Crippen molar-refractivity contribution in [2.75, 3.05) is 6.61 Å². The Morgan fingerprint density at radius 2 is 1.94 bits per heavy atom. The molecule has 1 aromatic rings. The molecule has 0 aliphatic heterocycles. The molecule has 1 aromatic carbocycles. The van der Waals surface area contributed by atoms with Crippen molar-refractivity contribution in [2.45, 2.75) is 39.8 Å². The third-order valence-electron chi connectivity index (χ3n) is 2.78. The highest BCUT2D eigenvalue weighted by molar-refractivity contribution is 5.26. The maximum atomic E-state index is 5.72. The zero-order valence-corrected chi connectivity index (χ0v) is 10.4. The number of nitrogens with two attached hydrogens (primary N) is 1. The molecule has 0 fully saturated rings. The van der Waals surface area contributed by atoms with E-state index in [1.807, 2.05) is 12.1 Å². The Labute approximate surface area is 98.8 Å². The number of rotatable bonds is 7. The molecule has 1 rings (SSSR count). The van der Waals surface area contributed by atoms with Gasteiger partial charge in [0.25, 0.3) is 0 Å². The third kappa shape index (κ3) is 4.33. The van der Waals surface area contributed by atoms with E-state index in [4.69, 9.17) is 10.5 Å². The van der Waals surface area contributed by atoms with Crippen LogP contribution in [0.25, 0.3) is 0 Å². The lowest BCUT2D eigenvalue weighted by Gasteiger charge is -2.12. The standard InChI is InChI=1S/C14H23NO/c1-3-6-12(2)10-16-11-14-8-5-4-7-13(14)9-15/h4-5,7-8,12H,3,6,9-11,15H2,1-2H3. The summed E-state index contributed by atoms with van der Waals surface area (Å²) in [5.41, 5.74) is 8.08.